The van der Waals surface area contributed by atoms with Gasteiger partial charge in [-0.25, -0.2) is 9.37 Å². The van der Waals surface area contributed by atoms with E-state index in [1.54, 1.807) is 19.3 Å². The van der Waals surface area contributed by atoms with Crippen LogP contribution < -0.4 is 15.5 Å². The Morgan fingerprint density at radius 3 is 2.86 bits per heavy atom. The largest absolute Gasteiger partial charge is 0.356 e. The fraction of sp³-hybridized carbons (Fsp3) is 0.714. The van der Waals surface area contributed by atoms with Crippen molar-refractivity contribution < 1.29 is 4.39 Å². The number of rotatable bonds is 8. The lowest BCUT2D eigenvalue weighted by Gasteiger charge is -2.26. The van der Waals surface area contributed by atoms with Crippen molar-refractivity contribution in [3.05, 3.63) is 24.1 Å². The molecule has 1 atom stereocenters. The second-order valence-electron chi connectivity index (χ2n) is 7.85. The van der Waals surface area contributed by atoms with E-state index in [1.807, 2.05) is 4.90 Å². The molecule has 0 saturated carbocycles. The third kappa shape index (κ3) is 6.33. The quantitative estimate of drug-likeness (QED) is 0.406. The summed E-state index contributed by atoms with van der Waals surface area (Å²) in [7, 11) is 1.80. The van der Waals surface area contributed by atoms with Gasteiger partial charge in [-0.1, -0.05) is 12.8 Å². The average molecular weight is 391 g/mol. The van der Waals surface area contributed by atoms with Gasteiger partial charge in [-0.2, -0.15) is 0 Å². The number of likely N-dealkylation sites (tertiary alicyclic amines) is 1. The number of halogens is 1. The van der Waals surface area contributed by atoms with Gasteiger partial charge in [0.05, 0.1) is 0 Å². The smallest absolute Gasteiger partial charge is 0.191 e. The minimum Gasteiger partial charge on any atom is -0.356 e. The lowest BCUT2D eigenvalue weighted by molar-refractivity contribution is 0.224. The van der Waals surface area contributed by atoms with Crippen LogP contribution >= 0.6 is 0 Å². The SMILES string of the molecule is CN=C(NCCCCCN1CCCCC1)NC1CCN(c2ncccc2F)C1. The molecule has 0 aliphatic carbocycles. The Morgan fingerprint density at radius 1 is 1.21 bits per heavy atom. The number of piperidine rings is 1. The summed E-state index contributed by atoms with van der Waals surface area (Å²) >= 11 is 0. The Kier molecular flexibility index (Phi) is 8.33. The van der Waals surface area contributed by atoms with Crippen LogP contribution in [0.2, 0.25) is 0 Å². The van der Waals surface area contributed by atoms with Gasteiger partial charge in [-0.05, 0) is 63.9 Å². The molecule has 28 heavy (non-hydrogen) atoms. The van der Waals surface area contributed by atoms with Crippen molar-refractivity contribution in [1.29, 1.82) is 0 Å². The molecule has 3 rings (SSSR count). The van der Waals surface area contributed by atoms with E-state index in [2.05, 4.69) is 25.5 Å². The van der Waals surface area contributed by atoms with Crippen LogP contribution in [0.5, 0.6) is 0 Å². The first-order chi connectivity index (χ1) is 13.8. The highest BCUT2D eigenvalue weighted by Crippen LogP contribution is 2.20. The van der Waals surface area contributed by atoms with Gasteiger partial charge in [0, 0.05) is 38.9 Å². The van der Waals surface area contributed by atoms with Gasteiger partial charge >= 0.3 is 0 Å². The molecule has 0 radical (unpaired) electrons. The van der Waals surface area contributed by atoms with Crippen molar-refractivity contribution in [2.24, 2.45) is 4.99 Å². The maximum absolute atomic E-state index is 13.9. The van der Waals surface area contributed by atoms with Crippen molar-refractivity contribution >= 4 is 11.8 Å². The summed E-state index contributed by atoms with van der Waals surface area (Å²) in [5, 5.41) is 6.88. The van der Waals surface area contributed by atoms with Gasteiger partial charge in [-0.15, -0.1) is 0 Å². The molecule has 2 aliphatic heterocycles. The minimum absolute atomic E-state index is 0.254. The Hall–Kier alpha value is -1.89. The standard InChI is InChI=1S/C21H35FN6/c1-23-21(25-11-4-2-5-13-27-14-6-3-7-15-27)26-18-10-16-28(17-18)20-19(22)9-8-12-24-20/h8-9,12,18H,2-7,10-11,13-17H2,1H3,(H2,23,25,26). The monoisotopic (exact) mass is 390 g/mol. The minimum atomic E-state index is -0.254. The van der Waals surface area contributed by atoms with Crippen molar-refractivity contribution in [1.82, 2.24) is 20.5 Å². The first-order valence-electron chi connectivity index (χ1n) is 10.8. The maximum Gasteiger partial charge on any atom is 0.191 e. The normalized spacial score (nSPS) is 21.1. The molecular weight excluding hydrogens is 355 g/mol. The zero-order valence-electron chi connectivity index (χ0n) is 17.2. The lowest BCUT2D eigenvalue weighted by atomic mass is 10.1. The molecule has 3 heterocycles. The fourth-order valence-corrected chi connectivity index (χ4v) is 4.10. The molecule has 1 aromatic rings. The maximum atomic E-state index is 13.9. The van der Waals surface area contributed by atoms with Crippen LogP contribution in [-0.4, -0.2) is 68.2 Å². The van der Waals surface area contributed by atoms with E-state index in [4.69, 9.17) is 0 Å². The van der Waals surface area contributed by atoms with Crippen molar-refractivity contribution in [3.63, 3.8) is 0 Å². The second kappa shape index (κ2) is 11.2. The van der Waals surface area contributed by atoms with E-state index >= 15 is 0 Å². The van der Waals surface area contributed by atoms with Crippen LogP contribution in [0.3, 0.4) is 0 Å². The van der Waals surface area contributed by atoms with Crippen LogP contribution in [-0.2, 0) is 0 Å². The number of nitrogens with one attached hydrogen (secondary N) is 2. The number of aliphatic imine (C=N–C) groups is 1. The summed E-state index contributed by atoms with van der Waals surface area (Å²) in [5.74, 6) is 1.03. The zero-order chi connectivity index (χ0) is 19.6. The summed E-state index contributed by atoms with van der Waals surface area (Å²) < 4.78 is 13.9. The molecule has 6 nitrogen and oxygen atoms in total. The molecule has 1 unspecified atom stereocenters. The number of anilines is 1. The number of unbranched alkanes of at least 4 members (excludes halogenated alkanes) is 2. The number of guanidine groups is 1. The Balaban J connectivity index is 1.30. The lowest BCUT2D eigenvalue weighted by Crippen LogP contribution is -2.45. The topological polar surface area (TPSA) is 55.8 Å². The fourth-order valence-electron chi connectivity index (χ4n) is 4.10. The number of hydrogen-bond acceptors (Lipinski definition) is 4. The molecule has 0 amide bonds. The van der Waals surface area contributed by atoms with E-state index in [9.17, 15) is 4.39 Å². The van der Waals surface area contributed by atoms with E-state index < -0.39 is 0 Å². The van der Waals surface area contributed by atoms with Gasteiger partial charge in [0.15, 0.2) is 17.6 Å². The second-order valence-corrected chi connectivity index (χ2v) is 7.85. The highest BCUT2D eigenvalue weighted by Gasteiger charge is 2.25. The van der Waals surface area contributed by atoms with Crippen LogP contribution in [0.4, 0.5) is 10.2 Å². The van der Waals surface area contributed by atoms with Gasteiger partial charge < -0.3 is 20.4 Å². The summed E-state index contributed by atoms with van der Waals surface area (Å²) in [6, 6.07) is 3.35. The molecule has 0 spiro atoms. The van der Waals surface area contributed by atoms with E-state index in [1.165, 1.54) is 57.8 Å². The van der Waals surface area contributed by atoms with Crippen molar-refractivity contribution in [2.75, 3.05) is 51.2 Å². The van der Waals surface area contributed by atoms with Crippen LogP contribution in [0, 0.1) is 5.82 Å². The zero-order valence-corrected chi connectivity index (χ0v) is 17.2. The Morgan fingerprint density at radius 2 is 2.07 bits per heavy atom. The highest BCUT2D eigenvalue weighted by atomic mass is 19.1. The predicted octanol–water partition coefficient (Wildman–Crippen LogP) is 2.62. The molecular formula is C21H35FN6. The van der Waals surface area contributed by atoms with E-state index in [0.29, 0.717) is 5.82 Å². The summed E-state index contributed by atoms with van der Waals surface area (Å²) in [5.41, 5.74) is 0. The van der Waals surface area contributed by atoms with Crippen LogP contribution in [0.25, 0.3) is 0 Å². The van der Waals surface area contributed by atoms with Crippen molar-refractivity contribution in [3.8, 4) is 0 Å². The highest BCUT2D eigenvalue weighted by molar-refractivity contribution is 5.80. The Labute approximate surface area is 168 Å². The molecule has 2 N–H and O–H groups in total. The average Bonchev–Trinajstić information content (AvgIpc) is 3.19. The summed E-state index contributed by atoms with van der Waals surface area (Å²) in [4.78, 5) is 13.1. The molecule has 2 aliphatic rings. The summed E-state index contributed by atoms with van der Waals surface area (Å²) in [6.45, 7) is 6.30. The third-order valence-corrected chi connectivity index (χ3v) is 5.68. The molecule has 2 saturated heterocycles. The number of hydrogen-bond donors (Lipinski definition) is 2. The van der Waals surface area contributed by atoms with Gasteiger partial charge in [0.1, 0.15) is 0 Å². The van der Waals surface area contributed by atoms with E-state index in [-0.39, 0.29) is 11.9 Å². The predicted molar refractivity (Wildman–Crippen MR) is 113 cm³/mol. The van der Waals surface area contributed by atoms with Gasteiger partial charge in [0.25, 0.3) is 0 Å². The van der Waals surface area contributed by atoms with Crippen molar-refractivity contribution in [2.45, 2.75) is 51.0 Å². The van der Waals surface area contributed by atoms with E-state index in [0.717, 1.165) is 38.4 Å². The molecule has 7 heteroatoms. The van der Waals surface area contributed by atoms with Gasteiger partial charge in [-0.3, -0.25) is 4.99 Å². The molecule has 156 valence electrons. The first kappa shape index (κ1) is 20.8. The number of nitrogens with zero attached hydrogens (tertiary/aromatic N) is 4. The third-order valence-electron chi connectivity index (χ3n) is 5.68. The first-order valence-corrected chi connectivity index (χ1v) is 10.8. The molecule has 2 fully saturated rings. The number of aromatic nitrogens is 1. The van der Waals surface area contributed by atoms with Crippen LogP contribution in [0.15, 0.2) is 23.3 Å². The molecule has 0 bridgehead atoms. The summed E-state index contributed by atoms with van der Waals surface area (Å²) in [6.07, 6.45) is 10.4. The molecule has 0 aromatic carbocycles. The van der Waals surface area contributed by atoms with Crippen LogP contribution in [0.1, 0.15) is 44.9 Å². The molecule has 1 aromatic heterocycles. The van der Waals surface area contributed by atoms with Gasteiger partial charge in [0.2, 0.25) is 0 Å². The Bertz CT molecular complexity index is 617. The number of pyridine rings is 1.